The molecule has 0 saturated heterocycles. The number of carbonyl (C=O) groups is 3. The summed E-state index contributed by atoms with van der Waals surface area (Å²) in [6.07, 6.45) is 6.31. The summed E-state index contributed by atoms with van der Waals surface area (Å²) in [6, 6.07) is 7.73. The van der Waals surface area contributed by atoms with E-state index in [0.29, 0.717) is 5.69 Å². The van der Waals surface area contributed by atoms with Gasteiger partial charge in [0.25, 0.3) is 5.91 Å². The predicted molar refractivity (Wildman–Crippen MR) is 115 cm³/mol. The summed E-state index contributed by atoms with van der Waals surface area (Å²) in [4.78, 5) is 45.1. The lowest BCUT2D eigenvalue weighted by molar-refractivity contribution is -0.127. The van der Waals surface area contributed by atoms with Gasteiger partial charge in [-0.25, -0.2) is 9.78 Å². The van der Waals surface area contributed by atoms with E-state index in [-0.39, 0.29) is 29.9 Å². The lowest BCUT2D eigenvalue weighted by atomic mass is 9.92. The van der Waals surface area contributed by atoms with Gasteiger partial charge in [-0.15, -0.1) is 0 Å². The fraction of sp³-hybridized carbons (Fsp3) is 0.478. The molecule has 2 aromatic rings. The molecule has 4 rings (SSSR count). The molecule has 1 aromatic carbocycles. The Labute approximate surface area is 181 Å². The molecule has 164 valence electrons. The van der Waals surface area contributed by atoms with Gasteiger partial charge in [0.05, 0.1) is 20.0 Å². The zero-order chi connectivity index (χ0) is 22.2. The fourth-order valence-corrected chi connectivity index (χ4v) is 4.61. The third kappa shape index (κ3) is 3.60. The average Bonchev–Trinajstić information content (AvgIpc) is 3.43. The molecular weight excluding hydrogens is 396 g/mol. The second kappa shape index (κ2) is 8.17. The minimum atomic E-state index is -1.17. The van der Waals surface area contributed by atoms with Crippen LogP contribution < -0.4 is 10.2 Å². The van der Waals surface area contributed by atoms with Crippen molar-refractivity contribution in [3.8, 4) is 0 Å². The van der Waals surface area contributed by atoms with Gasteiger partial charge < -0.3 is 14.6 Å². The summed E-state index contributed by atoms with van der Waals surface area (Å²) in [5, 5.41) is 3.15. The number of amides is 2. The lowest BCUT2D eigenvalue weighted by Crippen LogP contribution is -2.65. The molecule has 1 aromatic heterocycles. The number of benzene rings is 1. The number of methoxy groups -OCH3 is 1. The Morgan fingerprint density at radius 1 is 1.29 bits per heavy atom. The topological polar surface area (TPSA) is 93.5 Å². The van der Waals surface area contributed by atoms with E-state index in [4.69, 9.17) is 4.74 Å². The SMILES string of the molecule is CCc1cccc(N2C(=O)c3c(C(=O)OC)ncn3CC2(C)C(=O)NC2CCCC2)c1. The van der Waals surface area contributed by atoms with Crippen molar-refractivity contribution < 1.29 is 19.1 Å². The highest BCUT2D eigenvalue weighted by Gasteiger charge is 2.50. The smallest absolute Gasteiger partial charge is 0.359 e. The van der Waals surface area contributed by atoms with E-state index >= 15 is 0 Å². The number of rotatable bonds is 5. The summed E-state index contributed by atoms with van der Waals surface area (Å²) >= 11 is 0. The number of carbonyl (C=O) groups excluding carboxylic acids is 3. The number of imidazole rings is 1. The molecule has 1 saturated carbocycles. The first kappa shape index (κ1) is 21.1. The number of aromatic nitrogens is 2. The molecule has 2 amide bonds. The van der Waals surface area contributed by atoms with Gasteiger partial charge in [0.1, 0.15) is 11.2 Å². The van der Waals surface area contributed by atoms with Gasteiger partial charge in [0, 0.05) is 11.7 Å². The first-order valence-corrected chi connectivity index (χ1v) is 10.8. The Morgan fingerprint density at radius 3 is 2.71 bits per heavy atom. The zero-order valence-electron chi connectivity index (χ0n) is 18.2. The van der Waals surface area contributed by atoms with Crippen LogP contribution in [0.15, 0.2) is 30.6 Å². The fourth-order valence-electron chi connectivity index (χ4n) is 4.61. The van der Waals surface area contributed by atoms with Crippen LogP contribution in [0.1, 0.15) is 66.1 Å². The minimum Gasteiger partial charge on any atom is -0.464 e. The van der Waals surface area contributed by atoms with Crippen LogP contribution >= 0.6 is 0 Å². The summed E-state index contributed by atoms with van der Waals surface area (Å²) < 4.78 is 6.40. The average molecular weight is 425 g/mol. The molecule has 8 heteroatoms. The van der Waals surface area contributed by atoms with Crippen molar-refractivity contribution in [2.24, 2.45) is 0 Å². The zero-order valence-corrected chi connectivity index (χ0v) is 18.2. The van der Waals surface area contributed by atoms with Gasteiger partial charge >= 0.3 is 5.97 Å². The van der Waals surface area contributed by atoms with Crippen LogP contribution in [0.4, 0.5) is 5.69 Å². The van der Waals surface area contributed by atoms with Gasteiger partial charge in [-0.1, -0.05) is 31.9 Å². The highest BCUT2D eigenvalue weighted by molar-refractivity contribution is 6.15. The van der Waals surface area contributed by atoms with Crippen LogP contribution in [-0.4, -0.2) is 46.0 Å². The van der Waals surface area contributed by atoms with E-state index in [2.05, 4.69) is 10.3 Å². The van der Waals surface area contributed by atoms with Gasteiger partial charge in [-0.3, -0.25) is 14.5 Å². The number of nitrogens with one attached hydrogen (secondary N) is 1. The number of fused-ring (bicyclic) bond motifs is 1. The molecule has 0 bridgehead atoms. The van der Waals surface area contributed by atoms with Gasteiger partial charge in [0.2, 0.25) is 5.91 Å². The largest absolute Gasteiger partial charge is 0.464 e. The first-order chi connectivity index (χ1) is 14.9. The maximum absolute atomic E-state index is 13.8. The van der Waals surface area contributed by atoms with Crippen LogP contribution in [0, 0.1) is 0 Å². The number of esters is 1. The molecule has 1 aliphatic carbocycles. The van der Waals surface area contributed by atoms with Crippen molar-refractivity contribution in [2.45, 2.75) is 64.1 Å². The predicted octanol–water partition coefficient (Wildman–Crippen LogP) is 2.71. The third-order valence-corrected chi connectivity index (χ3v) is 6.35. The first-order valence-electron chi connectivity index (χ1n) is 10.8. The number of ether oxygens (including phenoxy) is 1. The standard InChI is InChI=1S/C23H28N4O4/c1-4-15-8-7-11-17(12-15)27-20(28)19-18(21(29)31-3)24-14-26(19)13-23(27,2)22(30)25-16-9-5-6-10-16/h7-8,11-12,14,16H,4-6,9-10,13H2,1-3H3,(H,25,30). The molecule has 2 aliphatic rings. The number of hydrogen-bond acceptors (Lipinski definition) is 5. The molecule has 1 aliphatic heterocycles. The third-order valence-electron chi connectivity index (χ3n) is 6.35. The molecule has 1 fully saturated rings. The summed E-state index contributed by atoms with van der Waals surface area (Å²) in [5.74, 6) is -1.32. The van der Waals surface area contributed by atoms with Crippen LogP contribution in [0.3, 0.4) is 0 Å². The van der Waals surface area contributed by atoms with Crippen LogP contribution in [0.5, 0.6) is 0 Å². The van der Waals surface area contributed by atoms with Gasteiger partial charge in [0.15, 0.2) is 5.69 Å². The van der Waals surface area contributed by atoms with Crippen LogP contribution in [-0.2, 0) is 22.5 Å². The quantitative estimate of drug-likeness (QED) is 0.745. The van der Waals surface area contributed by atoms with Crippen molar-refractivity contribution in [2.75, 3.05) is 12.0 Å². The Bertz CT molecular complexity index is 1020. The molecule has 8 nitrogen and oxygen atoms in total. The number of aryl methyl sites for hydroxylation is 1. The molecule has 1 N–H and O–H groups in total. The summed E-state index contributed by atoms with van der Waals surface area (Å²) in [5.41, 5.74) is 0.600. The van der Waals surface area contributed by atoms with Gasteiger partial charge in [-0.05, 0) is 43.9 Å². The van der Waals surface area contributed by atoms with Crippen molar-refractivity contribution in [1.82, 2.24) is 14.9 Å². The Kier molecular flexibility index (Phi) is 5.56. The minimum absolute atomic E-state index is 0.0394. The van der Waals surface area contributed by atoms with Crippen molar-refractivity contribution in [3.05, 3.63) is 47.5 Å². The highest BCUT2D eigenvalue weighted by Crippen LogP contribution is 2.35. The second-order valence-corrected chi connectivity index (χ2v) is 8.45. The van der Waals surface area contributed by atoms with Gasteiger partial charge in [-0.2, -0.15) is 0 Å². The summed E-state index contributed by atoms with van der Waals surface area (Å²) in [7, 11) is 1.25. The maximum atomic E-state index is 13.8. The van der Waals surface area contributed by atoms with Crippen molar-refractivity contribution >= 4 is 23.5 Å². The van der Waals surface area contributed by atoms with E-state index in [1.54, 1.807) is 11.5 Å². The van der Waals surface area contributed by atoms with Crippen LogP contribution in [0.2, 0.25) is 0 Å². The van der Waals surface area contributed by atoms with Crippen molar-refractivity contribution in [3.63, 3.8) is 0 Å². The Hall–Kier alpha value is -3.16. The van der Waals surface area contributed by atoms with E-state index in [0.717, 1.165) is 37.7 Å². The normalized spacial score (nSPS) is 21.1. The Morgan fingerprint density at radius 2 is 2.03 bits per heavy atom. The molecule has 2 heterocycles. The Balaban J connectivity index is 1.81. The highest BCUT2D eigenvalue weighted by atomic mass is 16.5. The number of hydrogen-bond donors (Lipinski definition) is 1. The van der Waals surface area contributed by atoms with E-state index in [1.165, 1.54) is 18.3 Å². The molecule has 1 atom stereocenters. The van der Waals surface area contributed by atoms with E-state index < -0.39 is 17.4 Å². The molecule has 0 radical (unpaired) electrons. The second-order valence-electron chi connectivity index (χ2n) is 8.45. The monoisotopic (exact) mass is 424 g/mol. The maximum Gasteiger partial charge on any atom is 0.359 e. The summed E-state index contributed by atoms with van der Waals surface area (Å²) in [6.45, 7) is 4.00. The van der Waals surface area contributed by atoms with Crippen LogP contribution in [0.25, 0.3) is 0 Å². The lowest BCUT2D eigenvalue weighted by Gasteiger charge is -2.44. The molecule has 0 spiro atoms. The molecular formula is C23H28N4O4. The number of nitrogens with zero attached hydrogens (tertiary/aromatic N) is 3. The van der Waals surface area contributed by atoms with Crippen molar-refractivity contribution in [1.29, 1.82) is 0 Å². The van der Waals surface area contributed by atoms with E-state index in [9.17, 15) is 14.4 Å². The van der Waals surface area contributed by atoms with E-state index in [1.807, 2.05) is 31.2 Å². The molecule has 1 unspecified atom stereocenters. The number of anilines is 1. The molecule has 31 heavy (non-hydrogen) atoms.